The molecular weight excluding hydrogens is 691 g/mol. The van der Waals surface area contributed by atoms with Crippen molar-refractivity contribution in [2.45, 2.75) is 0 Å². The molecule has 218 valence electrons. The molecule has 1 amide bonds. The SMILES string of the molecule is C/N=C/[S+]([O-])CSCSCSCSCSC(=O)NCSCSCSCSC/N=C/OOCCSCCO. The van der Waals surface area contributed by atoms with Gasteiger partial charge >= 0.3 is 0 Å². The predicted molar refractivity (Wildman–Crippen MR) is 188 cm³/mol. The topological polar surface area (TPSA) is 116 Å². The molecular formula is C18H35N3O5S11. The minimum atomic E-state index is -0.958. The van der Waals surface area contributed by atoms with Crippen LogP contribution >= 0.6 is 118 Å². The van der Waals surface area contributed by atoms with Gasteiger partial charge in [0.25, 0.3) is 5.24 Å². The molecule has 0 rings (SSSR count). The highest BCUT2D eigenvalue weighted by atomic mass is 32.3. The molecule has 0 bridgehead atoms. The second-order valence-corrected chi connectivity index (χ2v) is 20.0. The van der Waals surface area contributed by atoms with E-state index in [1.807, 2.05) is 47.0 Å². The molecule has 2 N–H and O–H groups in total. The summed E-state index contributed by atoms with van der Waals surface area (Å²) in [5.74, 6) is 2.76. The Morgan fingerprint density at radius 3 is 2.27 bits per heavy atom. The van der Waals surface area contributed by atoms with E-state index >= 15 is 0 Å². The van der Waals surface area contributed by atoms with Gasteiger partial charge in [0.1, 0.15) is 6.61 Å². The first-order valence-electron chi connectivity index (χ1n) is 10.5. The van der Waals surface area contributed by atoms with E-state index in [0.29, 0.717) is 29.2 Å². The molecule has 0 heterocycles. The van der Waals surface area contributed by atoms with Crippen LogP contribution in [0.1, 0.15) is 0 Å². The number of hydrogen-bond acceptors (Lipinski definition) is 17. The molecule has 0 fully saturated rings. The fourth-order valence-electron chi connectivity index (χ4n) is 1.57. The summed E-state index contributed by atoms with van der Waals surface area (Å²) in [7, 11) is 1.63. The Balaban J connectivity index is 3.23. The zero-order valence-electron chi connectivity index (χ0n) is 20.5. The maximum atomic E-state index is 11.8. The van der Waals surface area contributed by atoms with E-state index < -0.39 is 11.2 Å². The van der Waals surface area contributed by atoms with Crippen molar-refractivity contribution in [2.24, 2.45) is 9.98 Å². The van der Waals surface area contributed by atoms with E-state index in [2.05, 4.69) is 15.3 Å². The first-order valence-corrected chi connectivity index (χ1v) is 23.2. The lowest BCUT2D eigenvalue weighted by molar-refractivity contribution is -0.210. The van der Waals surface area contributed by atoms with Crippen LogP contribution in [0.3, 0.4) is 0 Å². The Bertz CT molecular complexity index is 559. The Kier molecular flexibility index (Phi) is 36.7. The van der Waals surface area contributed by atoms with E-state index in [1.165, 1.54) is 23.7 Å². The molecule has 0 aromatic heterocycles. The highest BCUT2D eigenvalue weighted by Crippen LogP contribution is 2.24. The number of nitrogens with zero attached hydrogens (tertiary/aromatic N) is 2. The molecule has 1 atom stereocenters. The fraction of sp³-hybridized carbons (Fsp3) is 0.833. The van der Waals surface area contributed by atoms with Crippen LogP contribution in [0, 0.1) is 0 Å². The number of aliphatic imine (C=N–C) groups is 2. The summed E-state index contributed by atoms with van der Waals surface area (Å²) in [6.45, 7) is 0.653. The van der Waals surface area contributed by atoms with Gasteiger partial charge in [-0.1, -0.05) is 23.5 Å². The van der Waals surface area contributed by atoms with E-state index in [-0.39, 0.29) is 11.8 Å². The van der Waals surface area contributed by atoms with Crippen LogP contribution in [0.15, 0.2) is 9.98 Å². The van der Waals surface area contributed by atoms with Gasteiger partial charge in [0.05, 0.1) is 18.4 Å². The number of carbonyl (C=O) groups excluding carboxylic acids is 1. The maximum absolute atomic E-state index is 11.8. The number of aliphatic hydroxyl groups excluding tert-OH is 1. The lowest BCUT2D eigenvalue weighted by atomic mass is 10.9. The summed E-state index contributed by atoms with van der Waals surface area (Å²) in [5.41, 5.74) is 1.48. The van der Waals surface area contributed by atoms with Gasteiger partial charge in [-0.2, -0.15) is 16.6 Å². The molecule has 19 heteroatoms. The summed E-state index contributed by atoms with van der Waals surface area (Å²) in [4.78, 5) is 29.5. The second-order valence-electron chi connectivity index (χ2n) is 5.74. The molecule has 37 heavy (non-hydrogen) atoms. The van der Waals surface area contributed by atoms with Gasteiger partial charge in [0, 0.05) is 65.3 Å². The first kappa shape index (κ1) is 39.3. The van der Waals surface area contributed by atoms with Crippen molar-refractivity contribution in [3.8, 4) is 0 Å². The number of thioether (sulfide) groups is 10. The van der Waals surface area contributed by atoms with Crippen LogP contribution < -0.4 is 5.32 Å². The summed E-state index contributed by atoms with van der Waals surface area (Å²) >= 11 is 16.2. The van der Waals surface area contributed by atoms with Gasteiger partial charge in [0.15, 0.2) is 5.08 Å². The Morgan fingerprint density at radius 2 is 1.57 bits per heavy atom. The monoisotopic (exact) mass is 725 g/mol. The number of hydrogen-bond donors (Lipinski definition) is 2. The van der Waals surface area contributed by atoms with Crippen LogP contribution in [0.25, 0.3) is 0 Å². The molecule has 0 spiro atoms. The number of aliphatic hydroxyl groups is 1. The smallest absolute Gasteiger partial charge is 0.280 e. The predicted octanol–water partition coefficient (Wildman–Crippen LogP) is 5.98. The Labute approximate surface area is 267 Å². The highest BCUT2D eigenvalue weighted by molar-refractivity contribution is 8.30. The number of rotatable bonds is 28. The molecule has 0 aliphatic heterocycles. The first-order chi connectivity index (χ1) is 18.2. The van der Waals surface area contributed by atoms with Crippen molar-refractivity contribution >= 4 is 146 Å². The van der Waals surface area contributed by atoms with Crippen LogP contribution in [0.5, 0.6) is 0 Å². The average Bonchev–Trinajstić information content (AvgIpc) is 2.89. The molecule has 0 saturated carbocycles. The maximum Gasteiger partial charge on any atom is 0.280 e. The minimum Gasteiger partial charge on any atom is -0.610 e. The van der Waals surface area contributed by atoms with Crippen molar-refractivity contribution in [2.75, 3.05) is 84.2 Å². The van der Waals surface area contributed by atoms with Gasteiger partial charge < -0.3 is 19.9 Å². The molecule has 0 saturated heterocycles. The lowest BCUT2D eigenvalue weighted by Gasteiger charge is -2.05. The lowest BCUT2D eigenvalue weighted by Crippen LogP contribution is -2.17. The van der Waals surface area contributed by atoms with Crippen molar-refractivity contribution in [1.29, 1.82) is 0 Å². The standard InChI is InChI=1S/C18H35N3O5S11/c1-19-9-37(24)17-35-15-33-13-32-14-34-16-36-18(23)21-8-29-11-31-12-30-10-28-7-20-6-26-25-3-5-27-4-2-22/h6,9,22H,2-5,7-8,10-17H2,1H3,(H,21,23)/b19-9+,20-6+. The zero-order valence-corrected chi connectivity index (χ0v) is 29.5. The molecule has 0 radical (unpaired) electrons. The summed E-state index contributed by atoms with van der Waals surface area (Å²) in [6, 6.07) is 0. The minimum absolute atomic E-state index is 0.0330. The quantitative estimate of drug-likeness (QED) is 0.0187. The van der Waals surface area contributed by atoms with Crippen LogP contribution in [-0.2, 0) is 21.0 Å². The fourth-order valence-corrected chi connectivity index (χ4v) is 13.4. The third kappa shape index (κ3) is 34.4. The van der Waals surface area contributed by atoms with Gasteiger partial charge in [-0.15, -0.1) is 82.3 Å². The Hall–Kier alpha value is 2.34. The second kappa shape index (κ2) is 34.5. The van der Waals surface area contributed by atoms with E-state index in [9.17, 15) is 9.35 Å². The summed E-state index contributed by atoms with van der Waals surface area (Å²) in [5, 5.41) is 18.8. The highest BCUT2D eigenvalue weighted by Gasteiger charge is 2.03. The zero-order chi connectivity index (χ0) is 27.1. The third-order valence-corrected chi connectivity index (χ3v) is 16.1. The van der Waals surface area contributed by atoms with Gasteiger partial charge in [0.2, 0.25) is 11.9 Å². The van der Waals surface area contributed by atoms with Crippen LogP contribution in [0.4, 0.5) is 4.79 Å². The van der Waals surface area contributed by atoms with Gasteiger partial charge in [-0.05, 0) is 0 Å². The molecule has 1 unspecified atom stereocenters. The Morgan fingerprint density at radius 1 is 0.919 bits per heavy atom. The van der Waals surface area contributed by atoms with Crippen molar-refractivity contribution in [3.63, 3.8) is 0 Å². The molecule has 0 aromatic rings. The van der Waals surface area contributed by atoms with E-state index in [0.717, 1.165) is 41.3 Å². The molecule has 0 aliphatic carbocycles. The average molecular weight is 726 g/mol. The summed E-state index contributed by atoms with van der Waals surface area (Å²) < 4.78 is 11.4. The number of amides is 1. The van der Waals surface area contributed by atoms with Gasteiger partial charge in [-0.25, -0.2) is 4.99 Å². The third-order valence-electron chi connectivity index (χ3n) is 2.91. The molecule has 0 aliphatic rings. The molecule has 8 nitrogen and oxygen atoms in total. The van der Waals surface area contributed by atoms with Crippen molar-refractivity contribution < 1.29 is 24.2 Å². The van der Waals surface area contributed by atoms with Crippen LogP contribution in [0.2, 0.25) is 0 Å². The van der Waals surface area contributed by atoms with E-state index in [1.54, 1.807) is 65.9 Å². The largest absolute Gasteiger partial charge is 0.610 e. The van der Waals surface area contributed by atoms with Crippen molar-refractivity contribution in [3.05, 3.63) is 0 Å². The normalized spacial score (nSPS) is 12.5. The summed E-state index contributed by atoms with van der Waals surface area (Å²) in [6.07, 6.45) is 1.32. The molecule has 0 aromatic carbocycles. The van der Waals surface area contributed by atoms with Crippen LogP contribution in [-0.4, -0.2) is 111 Å². The number of nitrogens with one attached hydrogen (secondary N) is 1. The van der Waals surface area contributed by atoms with Gasteiger partial charge in [-0.3, -0.25) is 9.79 Å². The van der Waals surface area contributed by atoms with E-state index in [4.69, 9.17) is 14.9 Å². The number of carbonyl (C=O) groups is 1. The van der Waals surface area contributed by atoms with Crippen molar-refractivity contribution in [1.82, 2.24) is 5.32 Å².